The maximum absolute atomic E-state index is 11.8. The molecule has 0 bridgehead atoms. The Labute approximate surface area is 109 Å². The summed E-state index contributed by atoms with van der Waals surface area (Å²) in [7, 11) is 0. The van der Waals surface area contributed by atoms with Crippen LogP contribution in [0.15, 0.2) is 24.3 Å². The molecule has 0 amide bonds. The van der Waals surface area contributed by atoms with E-state index in [0.29, 0.717) is 11.3 Å². The molecule has 0 spiro atoms. The molecule has 0 aliphatic carbocycles. The van der Waals surface area contributed by atoms with Crippen LogP contribution in [0.5, 0.6) is 0 Å². The van der Waals surface area contributed by atoms with Crippen molar-refractivity contribution in [3.8, 4) is 0 Å². The third-order valence-electron chi connectivity index (χ3n) is 2.86. The molecule has 0 aromatic heterocycles. The number of ether oxygens (including phenoxy) is 1. The van der Waals surface area contributed by atoms with Gasteiger partial charge in [0.2, 0.25) is 0 Å². The Balaban J connectivity index is 2.51. The van der Waals surface area contributed by atoms with Crippen LogP contribution in [-0.4, -0.2) is 36.6 Å². The molecular formula is C14H22N2O2. The summed E-state index contributed by atoms with van der Waals surface area (Å²) in [4.78, 5) is 14.1. The lowest BCUT2D eigenvalue weighted by Crippen LogP contribution is -2.33. The summed E-state index contributed by atoms with van der Waals surface area (Å²) >= 11 is 0. The monoisotopic (exact) mass is 250 g/mol. The molecule has 0 heterocycles. The second-order valence-electron chi connectivity index (χ2n) is 4.32. The van der Waals surface area contributed by atoms with Crippen LogP contribution < -0.4 is 5.73 Å². The van der Waals surface area contributed by atoms with Crippen LogP contribution in [0.4, 0.5) is 5.69 Å². The molecule has 18 heavy (non-hydrogen) atoms. The summed E-state index contributed by atoms with van der Waals surface area (Å²) in [5.41, 5.74) is 6.75. The number of nitrogen functional groups attached to an aromatic ring is 1. The summed E-state index contributed by atoms with van der Waals surface area (Å²) in [5, 5.41) is 0. The highest BCUT2D eigenvalue weighted by molar-refractivity contribution is 5.89. The van der Waals surface area contributed by atoms with E-state index in [2.05, 4.69) is 18.7 Å². The fraction of sp³-hybridized carbons (Fsp3) is 0.500. The fourth-order valence-electron chi connectivity index (χ4n) is 1.75. The standard InChI is InChI=1S/C14H22N2O2/c1-4-16(5-2)10-11(3)18-14(17)12-6-8-13(15)9-7-12/h6-9,11H,4-5,10,15H2,1-3H3. The third-order valence-corrected chi connectivity index (χ3v) is 2.86. The van der Waals surface area contributed by atoms with Gasteiger partial charge in [-0.15, -0.1) is 0 Å². The van der Waals surface area contributed by atoms with Crippen LogP contribution >= 0.6 is 0 Å². The van der Waals surface area contributed by atoms with Gasteiger partial charge in [-0.05, 0) is 44.3 Å². The molecule has 4 nitrogen and oxygen atoms in total. The Morgan fingerprint density at radius 3 is 2.33 bits per heavy atom. The summed E-state index contributed by atoms with van der Waals surface area (Å²) in [5.74, 6) is -0.297. The van der Waals surface area contributed by atoms with Crippen molar-refractivity contribution in [2.45, 2.75) is 26.9 Å². The van der Waals surface area contributed by atoms with Gasteiger partial charge in [-0.2, -0.15) is 0 Å². The number of hydrogen-bond acceptors (Lipinski definition) is 4. The van der Waals surface area contributed by atoms with Crippen LogP contribution in [-0.2, 0) is 4.74 Å². The van der Waals surface area contributed by atoms with Crippen LogP contribution in [0.25, 0.3) is 0 Å². The SMILES string of the molecule is CCN(CC)CC(C)OC(=O)c1ccc(N)cc1. The number of anilines is 1. The largest absolute Gasteiger partial charge is 0.458 e. The lowest BCUT2D eigenvalue weighted by atomic mass is 10.2. The van der Waals surface area contributed by atoms with Gasteiger partial charge in [0, 0.05) is 12.2 Å². The molecule has 1 aromatic rings. The number of esters is 1. The molecule has 1 atom stereocenters. The van der Waals surface area contributed by atoms with Gasteiger partial charge in [0.1, 0.15) is 6.10 Å². The number of carbonyl (C=O) groups is 1. The highest BCUT2D eigenvalue weighted by Gasteiger charge is 2.13. The van der Waals surface area contributed by atoms with E-state index in [-0.39, 0.29) is 12.1 Å². The summed E-state index contributed by atoms with van der Waals surface area (Å²) < 4.78 is 5.39. The van der Waals surface area contributed by atoms with Crippen molar-refractivity contribution in [3.63, 3.8) is 0 Å². The van der Waals surface area contributed by atoms with E-state index in [1.54, 1.807) is 24.3 Å². The highest BCUT2D eigenvalue weighted by atomic mass is 16.5. The molecule has 2 N–H and O–H groups in total. The van der Waals surface area contributed by atoms with Gasteiger partial charge in [-0.1, -0.05) is 13.8 Å². The summed E-state index contributed by atoms with van der Waals surface area (Å²) in [6, 6.07) is 6.76. The zero-order chi connectivity index (χ0) is 13.5. The van der Waals surface area contributed by atoms with Crippen molar-refractivity contribution in [1.29, 1.82) is 0 Å². The van der Waals surface area contributed by atoms with Crippen molar-refractivity contribution in [2.24, 2.45) is 0 Å². The first kappa shape index (κ1) is 14.5. The van der Waals surface area contributed by atoms with E-state index in [9.17, 15) is 4.79 Å². The normalized spacial score (nSPS) is 12.4. The van der Waals surface area contributed by atoms with Gasteiger partial charge in [-0.3, -0.25) is 0 Å². The smallest absolute Gasteiger partial charge is 0.338 e. The Morgan fingerprint density at radius 1 is 1.28 bits per heavy atom. The first-order valence-electron chi connectivity index (χ1n) is 6.35. The topological polar surface area (TPSA) is 55.6 Å². The van der Waals surface area contributed by atoms with Gasteiger partial charge < -0.3 is 15.4 Å². The molecule has 1 unspecified atom stereocenters. The molecule has 0 saturated heterocycles. The number of carbonyl (C=O) groups excluding carboxylic acids is 1. The number of nitrogens with zero attached hydrogens (tertiary/aromatic N) is 1. The van der Waals surface area contributed by atoms with Gasteiger partial charge in [0.25, 0.3) is 0 Å². The first-order chi connectivity index (χ1) is 8.56. The number of likely N-dealkylation sites (N-methyl/N-ethyl adjacent to an activating group) is 1. The van der Waals surface area contributed by atoms with E-state index in [1.165, 1.54) is 0 Å². The van der Waals surface area contributed by atoms with Gasteiger partial charge in [-0.25, -0.2) is 4.79 Å². The van der Waals surface area contributed by atoms with E-state index >= 15 is 0 Å². The predicted molar refractivity (Wildman–Crippen MR) is 73.5 cm³/mol. The quantitative estimate of drug-likeness (QED) is 0.621. The zero-order valence-corrected chi connectivity index (χ0v) is 11.3. The lowest BCUT2D eigenvalue weighted by molar-refractivity contribution is 0.0260. The molecular weight excluding hydrogens is 228 g/mol. The van der Waals surface area contributed by atoms with E-state index in [0.717, 1.165) is 19.6 Å². The Hall–Kier alpha value is -1.55. The lowest BCUT2D eigenvalue weighted by Gasteiger charge is -2.22. The molecule has 100 valence electrons. The average molecular weight is 250 g/mol. The minimum absolute atomic E-state index is 0.116. The van der Waals surface area contributed by atoms with Crippen LogP contribution in [0, 0.1) is 0 Å². The van der Waals surface area contributed by atoms with Gasteiger partial charge >= 0.3 is 5.97 Å². The summed E-state index contributed by atoms with van der Waals surface area (Å²) in [6.07, 6.45) is -0.116. The molecule has 4 heteroatoms. The second kappa shape index (κ2) is 7.01. The third kappa shape index (κ3) is 4.37. The molecule has 0 aliphatic heterocycles. The van der Waals surface area contributed by atoms with E-state index < -0.39 is 0 Å². The molecule has 0 saturated carbocycles. The number of nitrogens with two attached hydrogens (primary N) is 1. The van der Waals surface area contributed by atoms with Crippen molar-refractivity contribution < 1.29 is 9.53 Å². The Kier molecular flexibility index (Phi) is 5.65. The minimum atomic E-state index is -0.297. The van der Waals surface area contributed by atoms with Crippen LogP contribution in [0.3, 0.4) is 0 Å². The molecule has 0 aliphatic rings. The predicted octanol–water partition coefficient (Wildman–Crippen LogP) is 2.16. The van der Waals surface area contributed by atoms with Gasteiger partial charge in [0.05, 0.1) is 5.56 Å². The van der Waals surface area contributed by atoms with E-state index in [1.807, 2.05) is 6.92 Å². The number of rotatable bonds is 6. The fourth-order valence-corrected chi connectivity index (χ4v) is 1.75. The van der Waals surface area contributed by atoms with Crippen LogP contribution in [0.2, 0.25) is 0 Å². The van der Waals surface area contributed by atoms with Crippen molar-refractivity contribution in [2.75, 3.05) is 25.4 Å². The zero-order valence-electron chi connectivity index (χ0n) is 11.3. The van der Waals surface area contributed by atoms with Crippen molar-refractivity contribution in [1.82, 2.24) is 4.90 Å². The highest BCUT2D eigenvalue weighted by Crippen LogP contribution is 2.08. The Morgan fingerprint density at radius 2 is 1.83 bits per heavy atom. The molecule has 1 rings (SSSR count). The minimum Gasteiger partial charge on any atom is -0.458 e. The second-order valence-corrected chi connectivity index (χ2v) is 4.32. The Bertz CT molecular complexity index is 372. The molecule has 1 aromatic carbocycles. The maximum Gasteiger partial charge on any atom is 0.338 e. The first-order valence-corrected chi connectivity index (χ1v) is 6.35. The summed E-state index contributed by atoms with van der Waals surface area (Å²) in [6.45, 7) is 8.78. The number of benzene rings is 1. The molecule has 0 radical (unpaired) electrons. The van der Waals surface area contributed by atoms with Gasteiger partial charge in [0.15, 0.2) is 0 Å². The molecule has 0 fully saturated rings. The van der Waals surface area contributed by atoms with Crippen LogP contribution in [0.1, 0.15) is 31.1 Å². The van der Waals surface area contributed by atoms with Crippen molar-refractivity contribution >= 4 is 11.7 Å². The maximum atomic E-state index is 11.8. The number of hydrogen-bond donors (Lipinski definition) is 1. The van der Waals surface area contributed by atoms with Crippen molar-refractivity contribution in [3.05, 3.63) is 29.8 Å². The van der Waals surface area contributed by atoms with E-state index in [4.69, 9.17) is 10.5 Å². The average Bonchev–Trinajstić information content (AvgIpc) is 2.36.